The number of nitrogens with one attached hydrogen (secondary N) is 1. The fourth-order valence-electron chi connectivity index (χ4n) is 5.88. The molecule has 3 fully saturated rings. The average Bonchev–Trinajstić information content (AvgIpc) is 3.57. The van der Waals surface area contributed by atoms with Gasteiger partial charge in [-0.25, -0.2) is 4.68 Å². The zero-order valence-corrected chi connectivity index (χ0v) is 19.9. The molecule has 0 saturated carbocycles. The predicted octanol–water partition coefficient (Wildman–Crippen LogP) is 0.932. The molecule has 34 heavy (non-hydrogen) atoms. The quantitative estimate of drug-likeness (QED) is 0.395. The van der Waals surface area contributed by atoms with Crippen LogP contribution in [0.25, 0.3) is 11.0 Å². The maximum atomic E-state index is 13.6. The van der Waals surface area contributed by atoms with Gasteiger partial charge < -0.3 is 20.1 Å². The number of aliphatic hydroxyl groups excluding tert-OH is 1. The van der Waals surface area contributed by atoms with Crippen molar-refractivity contribution in [3.8, 4) is 0 Å². The number of likely N-dealkylation sites (tertiary alicyclic amines) is 1. The number of nitrogens with zero attached hydrogens (tertiary/aromatic N) is 4. The molecule has 0 radical (unpaired) electrons. The van der Waals surface area contributed by atoms with E-state index in [9.17, 15) is 19.5 Å². The first kappa shape index (κ1) is 23.1. The lowest BCUT2D eigenvalue weighted by Gasteiger charge is -2.34. The van der Waals surface area contributed by atoms with Crippen LogP contribution in [0.15, 0.2) is 24.3 Å². The number of ether oxygens (including phenoxy) is 1. The van der Waals surface area contributed by atoms with Gasteiger partial charge >= 0.3 is 5.97 Å². The predicted molar refractivity (Wildman–Crippen MR) is 124 cm³/mol. The van der Waals surface area contributed by atoms with Crippen LogP contribution in [0.2, 0.25) is 0 Å². The Kier molecular flexibility index (Phi) is 6.24. The number of aliphatic hydroxyl groups is 1. The molecule has 1 aromatic heterocycles. The van der Waals surface area contributed by atoms with Crippen LogP contribution in [0.4, 0.5) is 0 Å². The van der Waals surface area contributed by atoms with E-state index in [1.165, 1.54) is 0 Å². The molecule has 2 amide bonds. The Hall–Kier alpha value is -2.66. The third-order valence-corrected chi connectivity index (χ3v) is 9.19. The maximum Gasteiger partial charge on any atom is 0.310 e. The van der Waals surface area contributed by atoms with Crippen LogP contribution in [0.1, 0.15) is 32.6 Å². The van der Waals surface area contributed by atoms with E-state index in [4.69, 9.17) is 4.74 Å². The van der Waals surface area contributed by atoms with Gasteiger partial charge in [-0.3, -0.25) is 14.4 Å². The molecule has 5 rings (SSSR count). The smallest absolute Gasteiger partial charge is 0.310 e. The van der Waals surface area contributed by atoms with Gasteiger partial charge in [0.25, 0.3) is 0 Å². The lowest BCUT2D eigenvalue weighted by atomic mass is 9.71. The van der Waals surface area contributed by atoms with Crippen molar-refractivity contribution in [3.63, 3.8) is 0 Å². The Morgan fingerprint density at radius 1 is 1.32 bits per heavy atom. The van der Waals surface area contributed by atoms with Gasteiger partial charge in [-0.2, -0.15) is 0 Å². The van der Waals surface area contributed by atoms with Crippen molar-refractivity contribution in [1.29, 1.82) is 0 Å². The second-order valence-electron chi connectivity index (χ2n) is 9.05. The summed E-state index contributed by atoms with van der Waals surface area (Å²) in [5.41, 5.74) is 1.54. The molecule has 3 saturated heterocycles. The SMILES string of the molecule is CCOC(=O)[C@@H]1[C@H]2C(=O)N(CCCCO)C(C(=O)NCn3nnc4ccccc43)C23CC[C@H]1S3. The average molecular weight is 488 g/mol. The van der Waals surface area contributed by atoms with E-state index < -0.39 is 22.6 Å². The summed E-state index contributed by atoms with van der Waals surface area (Å²) in [6, 6.07) is 6.81. The van der Waals surface area contributed by atoms with E-state index >= 15 is 0 Å². The highest BCUT2D eigenvalue weighted by Crippen LogP contribution is 2.66. The lowest BCUT2D eigenvalue weighted by Crippen LogP contribution is -2.53. The molecule has 1 spiro atoms. The molecular weight excluding hydrogens is 458 g/mol. The van der Waals surface area contributed by atoms with Crippen molar-refractivity contribution >= 4 is 40.6 Å². The van der Waals surface area contributed by atoms with Crippen LogP contribution < -0.4 is 5.32 Å². The topological polar surface area (TPSA) is 127 Å². The molecular formula is C23H29N5O5S. The minimum Gasteiger partial charge on any atom is -0.466 e. The van der Waals surface area contributed by atoms with Gasteiger partial charge in [-0.05, 0) is 44.7 Å². The van der Waals surface area contributed by atoms with Crippen LogP contribution in [-0.4, -0.2) is 78.6 Å². The monoisotopic (exact) mass is 487 g/mol. The second kappa shape index (κ2) is 9.18. The third kappa shape index (κ3) is 3.56. The van der Waals surface area contributed by atoms with Gasteiger partial charge in [0.15, 0.2) is 0 Å². The molecule has 10 nitrogen and oxygen atoms in total. The highest BCUT2D eigenvalue weighted by atomic mass is 32.2. The van der Waals surface area contributed by atoms with Crippen molar-refractivity contribution in [3.05, 3.63) is 24.3 Å². The second-order valence-corrected chi connectivity index (χ2v) is 10.6. The molecule has 182 valence electrons. The van der Waals surface area contributed by atoms with Gasteiger partial charge in [0, 0.05) is 18.4 Å². The number of hydrogen-bond donors (Lipinski definition) is 2. The number of amides is 2. The number of unbranched alkanes of at least 4 members (excludes halogenated alkanes) is 1. The van der Waals surface area contributed by atoms with E-state index in [0.29, 0.717) is 25.8 Å². The molecule has 5 atom stereocenters. The summed E-state index contributed by atoms with van der Waals surface area (Å²) >= 11 is 1.61. The first-order valence-corrected chi connectivity index (χ1v) is 12.7. The van der Waals surface area contributed by atoms with Crippen LogP contribution in [0, 0.1) is 11.8 Å². The first-order chi connectivity index (χ1) is 16.5. The number of para-hydroxylation sites is 1. The van der Waals surface area contributed by atoms with E-state index in [1.54, 1.807) is 28.3 Å². The van der Waals surface area contributed by atoms with E-state index in [2.05, 4.69) is 15.6 Å². The van der Waals surface area contributed by atoms with Crippen molar-refractivity contribution in [2.45, 2.75) is 55.3 Å². The molecule has 3 aliphatic rings. The van der Waals surface area contributed by atoms with Crippen LogP contribution in [0.3, 0.4) is 0 Å². The van der Waals surface area contributed by atoms with Gasteiger partial charge in [-0.15, -0.1) is 16.9 Å². The number of fused-ring (bicyclic) bond motifs is 2. The maximum absolute atomic E-state index is 13.6. The number of hydrogen-bond acceptors (Lipinski definition) is 8. The summed E-state index contributed by atoms with van der Waals surface area (Å²) in [5.74, 6) is -1.84. The van der Waals surface area contributed by atoms with Gasteiger partial charge in [-0.1, -0.05) is 17.3 Å². The molecule has 0 aliphatic carbocycles. The van der Waals surface area contributed by atoms with Crippen LogP contribution >= 0.6 is 11.8 Å². The molecule has 1 aromatic carbocycles. The summed E-state index contributed by atoms with van der Waals surface area (Å²) in [6.07, 6.45) is 2.61. The van der Waals surface area contributed by atoms with Crippen LogP contribution in [0.5, 0.6) is 0 Å². The zero-order chi connectivity index (χ0) is 23.9. The van der Waals surface area contributed by atoms with Gasteiger partial charge in [0.05, 0.1) is 28.7 Å². The van der Waals surface area contributed by atoms with Crippen molar-refractivity contribution in [1.82, 2.24) is 25.2 Å². The Morgan fingerprint density at radius 2 is 2.15 bits per heavy atom. The Morgan fingerprint density at radius 3 is 2.94 bits per heavy atom. The van der Waals surface area contributed by atoms with Crippen molar-refractivity contribution in [2.24, 2.45) is 11.8 Å². The largest absolute Gasteiger partial charge is 0.466 e. The highest BCUT2D eigenvalue weighted by Gasteiger charge is 2.73. The number of thioether (sulfide) groups is 1. The van der Waals surface area contributed by atoms with Crippen molar-refractivity contribution in [2.75, 3.05) is 19.8 Å². The van der Waals surface area contributed by atoms with E-state index in [-0.39, 0.29) is 42.9 Å². The van der Waals surface area contributed by atoms with Crippen molar-refractivity contribution < 1.29 is 24.2 Å². The summed E-state index contributed by atoms with van der Waals surface area (Å²) < 4.78 is 6.30. The zero-order valence-electron chi connectivity index (χ0n) is 19.1. The van der Waals surface area contributed by atoms with Crippen LogP contribution in [-0.2, 0) is 25.8 Å². The van der Waals surface area contributed by atoms with E-state index in [0.717, 1.165) is 17.5 Å². The summed E-state index contributed by atoms with van der Waals surface area (Å²) in [5, 5.41) is 20.4. The van der Waals surface area contributed by atoms with Gasteiger partial charge in [0.2, 0.25) is 11.8 Å². The molecule has 2 aromatic rings. The first-order valence-electron chi connectivity index (χ1n) is 11.8. The molecule has 2 unspecified atom stereocenters. The summed E-state index contributed by atoms with van der Waals surface area (Å²) in [6.45, 7) is 2.54. The number of benzene rings is 1. The fourth-order valence-corrected chi connectivity index (χ4v) is 8.09. The molecule has 11 heteroatoms. The molecule has 2 bridgehead atoms. The molecule has 4 heterocycles. The minimum atomic E-state index is -0.687. The number of carbonyl (C=O) groups is 3. The fraction of sp³-hybridized carbons (Fsp3) is 0.609. The Bertz CT molecular complexity index is 1110. The Labute approximate surface area is 201 Å². The Balaban J connectivity index is 1.41. The number of carbonyl (C=O) groups excluding carboxylic acids is 3. The normalized spacial score (nSPS) is 29.6. The summed E-state index contributed by atoms with van der Waals surface area (Å²) in [7, 11) is 0. The number of aromatic nitrogens is 3. The summed E-state index contributed by atoms with van der Waals surface area (Å²) in [4.78, 5) is 41.7. The lowest BCUT2D eigenvalue weighted by molar-refractivity contribution is -0.153. The molecule has 3 aliphatic heterocycles. The van der Waals surface area contributed by atoms with Gasteiger partial charge in [0.1, 0.15) is 18.2 Å². The highest BCUT2D eigenvalue weighted by molar-refractivity contribution is 8.02. The third-order valence-electron chi connectivity index (χ3n) is 7.24. The standard InChI is InChI=1S/C23H29N5O5S/c1-2-33-22(32)17-16-9-10-23(34-16)18(17)21(31)27(11-5-6-12-29)19(23)20(30)24-13-28-15-8-4-3-7-14(15)25-26-28/h3-4,7-8,16-19,29H,2,5-6,9-13H2,1H3,(H,24,30)/t16-,17+,18+,19?,23?/m1/s1. The number of rotatable bonds is 9. The number of esters is 1. The minimum absolute atomic E-state index is 0.0119. The molecule has 2 N–H and O–H groups in total. The van der Waals surface area contributed by atoms with E-state index in [1.807, 2.05) is 24.3 Å².